The number of nitrogens with one attached hydrogen (secondary N) is 1. The lowest BCUT2D eigenvalue weighted by Gasteiger charge is -2.11. The van der Waals surface area contributed by atoms with Crippen molar-refractivity contribution in [2.24, 2.45) is 0 Å². The zero-order valence-corrected chi connectivity index (χ0v) is 19.0. The third-order valence-corrected chi connectivity index (χ3v) is 5.46. The van der Waals surface area contributed by atoms with Gasteiger partial charge in [-0.3, -0.25) is 4.79 Å². The van der Waals surface area contributed by atoms with Crippen LogP contribution in [0.2, 0.25) is 0 Å². The minimum absolute atomic E-state index is 0.221. The molecular formula is C24H25N5O3. The molecule has 1 N–H and O–H groups in total. The molecule has 2 heterocycles. The molecule has 0 saturated carbocycles. The van der Waals surface area contributed by atoms with Crippen LogP contribution in [-0.4, -0.2) is 39.9 Å². The number of methoxy groups -OCH3 is 2. The van der Waals surface area contributed by atoms with E-state index in [4.69, 9.17) is 9.47 Å². The van der Waals surface area contributed by atoms with E-state index in [-0.39, 0.29) is 11.6 Å². The molecule has 0 spiro atoms. The number of aromatic nitrogens is 4. The smallest absolute Gasteiger partial charge is 0.278 e. The molecule has 4 rings (SSSR count). The Morgan fingerprint density at radius 3 is 2.38 bits per heavy atom. The van der Waals surface area contributed by atoms with E-state index in [0.29, 0.717) is 22.8 Å². The summed E-state index contributed by atoms with van der Waals surface area (Å²) < 4.78 is 12.4. The SMILES string of the molecule is COc1ccc(-c2c(C)nn3c(C)c(C(=O)Nc4ccc(C)cc4C)nnc23)cc1OC. The van der Waals surface area contributed by atoms with Gasteiger partial charge in [0, 0.05) is 5.69 Å². The van der Waals surface area contributed by atoms with Crippen molar-refractivity contribution in [3.8, 4) is 22.6 Å². The van der Waals surface area contributed by atoms with Crippen LogP contribution < -0.4 is 14.8 Å². The summed E-state index contributed by atoms with van der Waals surface area (Å²) in [5.74, 6) is 0.917. The van der Waals surface area contributed by atoms with Crippen LogP contribution in [0.3, 0.4) is 0 Å². The molecule has 0 radical (unpaired) electrons. The number of ether oxygens (including phenoxy) is 2. The van der Waals surface area contributed by atoms with Gasteiger partial charge >= 0.3 is 0 Å². The van der Waals surface area contributed by atoms with E-state index in [9.17, 15) is 4.79 Å². The molecule has 0 aliphatic carbocycles. The lowest BCUT2D eigenvalue weighted by Crippen LogP contribution is -2.19. The molecule has 0 atom stereocenters. The van der Waals surface area contributed by atoms with E-state index in [1.54, 1.807) is 18.7 Å². The van der Waals surface area contributed by atoms with Crippen molar-refractivity contribution >= 4 is 17.2 Å². The lowest BCUT2D eigenvalue weighted by atomic mass is 10.1. The molecule has 0 fully saturated rings. The lowest BCUT2D eigenvalue weighted by molar-refractivity contribution is 0.102. The third-order valence-electron chi connectivity index (χ3n) is 5.46. The number of carbonyl (C=O) groups excluding carboxylic acids is 1. The first-order valence-electron chi connectivity index (χ1n) is 10.2. The second-order valence-electron chi connectivity index (χ2n) is 7.67. The summed E-state index contributed by atoms with van der Waals surface area (Å²) in [4.78, 5) is 12.9. The number of hydrogen-bond acceptors (Lipinski definition) is 6. The molecular weight excluding hydrogens is 406 g/mol. The monoisotopic (exact) mass is 431 g/mol. The summed E-state index contributed by atoms with van der Waals surface area (Å²) in [5, 5.41) is 16.2. The average molecular weight is 431 g/mol. The fourth-order valence-electron chi connectivity index (χ4n) is 3.79. The van der Waals surface area contributed by atoms with Crippen LogP contribution in [0.15, 0.2) is 36.4 Å². The van der Waals surface area contributed by atoms with Gasteiger partial charge in [-0.05, 0) is 57.0 Å². The van der Waals surface area contributed by atoms with Gasteiger partial charge in [-0.15, -0.1) is 10.2 Å². The Hall–Kier alpha value is -3.94. The number of amides is 1. The normalized spacial score (nSPS) is 10.9. The molecule has 0 aliphatic heterocycles. The van der Waals surface area contributed by atoms with Crippen LogP contribution in [0.5, 0.6) is 11.5 Å². The molecule has 0 bridgehead atoms. The minimum atomic E-state index is -0.329. The van der Waals surface area contributed by atoms with E-state index in [1.807, 2.05) is 64.1 Å². The maximum absolute atomic E-state index is 12.9. The first kappa shape index (κ1) is 21.3. The van der Waals surface area contributed by atoms with E-state index >= 15 is 0 Å². The Morgan fingerprint density at radius 1 is 0.938 bits per heavy atom. The van der Waals surface area contributed by atoms with E-state index in [1.165, 1.54) is 0 Å². The Kier molecular flexibility index (Phi) is 5.52. The molecule has 8 heteroatoms. The number of aryl methyl sites for hydroxylation is 4. The van der Waals surface area contributed by atoms with Gasteiger partial charge < -0.3 is 14.8 Å². The van der Waals surface area contributed by atoms with Gasteiger partial charge in [0.1, 0.15) is 0 Å². The van der Waals surface area contributed by atoms with E-state index < -0.39 is 0 Å². The fraction of sp³-hybridized carbons (Fsp3) is 0.250. The second-order valence-corrected chi connectivity index (χ2v) is 7.67. The summed E-state index contributed by atoms with van der Waals surface area (Å²) >= 11 is 0. The van der Waals surface area contributed by atoms with Gasteiger partial charge in [-0.2, -0.15) is 5.10 Å². The molecule has 4 aromatic rings. The highest BCUT2D eigenvalue weighted by molar-refractivity contribution is 6.04. The third kappa shape index (κ3) is 3.64. The van der Waals surface area contributed by atoms with Crippen molar-refractivity contribution in [2.75, 3.05) is 19.5 Å². The number of nitrogens with zero attached hydrogens (tertiary/aromatic N) is 4. The molecule has 32 heavy (non-hydrogen) atoms. The topological polar surface area (TPSA) is 90.6 Å². The van der Waals surface area contributed by atoms with Gasteiger partial charge in [-0.25, -0.2) is 4.52 Å². The first-order valence-corrected chi connectivity index (χ1v) is 10.2. The number of anilines is 1. The highest BCUT2D eigenvalue weighted by atomic mass is 16.5. The van der Waals surface area contributed by atoms with Crippen molar-refractivity contribution in [3.63, 3.8) is 0 Å². The Balaban J connectivity index is 1.75. The molecule has 8 nitrogen and oxygen atoms in total. The van der Waals surface area contributed by atoms with Crippen LogP contribution in [-0.2, 0) is 0 Å². The number of benzene rings is 2. The van der Waals surface area contributed by atoms with Crippen molar-refractivity contribution in [2.45, 2.75) is 27.7 Å². The van der Waals surface area contributed by atoms with Crippen molar-refractivity contribution in [3.05, 3.63) is 64.6 Å². The fourth-order valence-corrected chi connectivity index (χ4v) is 3.79. The van der Waals surface area contributed by atoms with Gasteiger partial charge in [0.25, 0.3) is 5.91 Å². The molecule has 0 aliphatic rings. The van der Waals surface area contributed by atoms with Gasteiger partial charge in [-0.1, -0.05) is 23.8 Å². The Bertz CT molecular complexity index is 1340. The number of fused-ring (bicyclic) bond motifs is 1. The van der Waals surface area contributed by atoms with Gasteiger partial charge in [0.2, 0.25) is 0 Å². The van der Waals surface area contributed by atoms with Crippen molar-refractivity contribution < 1.29 is 14.3 Å². The molecule has 2 aromatic carbocycles. The minimum Gasteiger partial charge on any atom is -0.493 e. The molecule has 0 saturated heterocycles. The van der Waals surface area contributed by atoms with Crippen LogP contribution in [0, 0.1) is 27.7 Å². The molecule has 0 unspecified atom stereocenters. The van der Waals surface area contributed by atoms with Crippen LogP contribution in [0.4, 0.5) is 5.69 Å². The zero-order chi connectivity index (χ0) is 23.0. The first-order chi connectivity index (χ1) is 15.3. The molecule has 2 aromatic heterocycles. The maximum Gasteiger partial charge on any atom is 0.278 e. The quantitative estimate of drug-likeness (QED) is 0.507. The average Bonchev–Trinajstić information content (AvgIpc) is 3.12. The second kappa shape index (κ2) is 8.30. The summed E-state index contributed by atoms with van der Waals surface area (Å²) in [6, 6.07) is 11.5. The Labute approximate surface area is 186 Å². The standard InChI is InChI=1S/C24H25N5O3/c1-13-7-9-18(14(2)11-13)25-24(30)22-16(4)29-23(27-26-22)21(15(3)28-29)17-8-10-19(31-5)20(12-17)32-6/h7-12H,1-6H3,(H,25,30). The number of hydrogen-bond donors (Lipinski definition) is 1. The summed E-state index contributed by atoms with van der Waals surface area (Å²) in [6.07, 6.45) is 0. The summed E-state index contributed by atoms with van der Waals surface area (Å²) in [6.45, 7) is 7.67. The highest BCUT2D eigenvalue weighted by Gasteiger charge is 2.21. The van der Waals surface area contributed by atoms with E-state index in [0.717, 1.165) is 33.6 Å². The van der Waals surface area contributed by atoms with Crippen LogP contribution in [0.25, 0.3) is 16.8 Å². The highest BCUT2D eigenvalue weighted by Crippen LogP contribution is 2.35. The predicted octanol–water partition coefficient (Wildman–Crippen LogP) is 4.29. The largest absolute Gasteiger partial charge is 0.493 e. The Morgan fingerprint density at radius 2 is 1.69 bits per heavy atom. The summed E-state index contributed by atoms with van der Waals surface area (Å²) in [7, 11) is 3.19. The van der Waals surface area contributed by atoms with Crippen molar-refractivity contribution in [1.82, 2.24) is 19.8 Å². The predicted molar refractivity (Wildman–Crippen MR) is 123 cm³/mol. The van der Waals surface area contributed by atoms with Crippen molar-refractivity contribution in [1.29, 1.82) is 0 Å². The number of rotatable bonds is 5. The summed E-state index contributed by atoms with van der Waals surface area (Å²) in [5.41, 5.74) is 6.70. The number of carbonyl (C=O) groups is 1. The zero-order valence-electron chi connectivity index (χ0n) is 19.0. The molecule has 1 amide bonds. The van der Waals surface area contributed by atoms with E-state index in [2.05, 4.69) is 20.6 Å². The van der Waals surface area contributed by atoms with Crippen LogP contribution >= 0.6 is 0 Å². The van der Waals surface area contributed by atoms with Gasteiger partial charge in [0.15, 0.2) is 22.8 Å². The van der Waals surface area contributed by atoms with Gasteiger partial charge in [0.05, 0.1) is 31.2 Å². The van der Waals surface area contributed by atoms with Crippen LogP contribution in [0.1, 0.15) is 33.0 Å². The maximum atomic E-state index is 12.9. The molecule has 164 valence electrons.